The summed E-state index contributed by atoms with van der Waals surface area (Å²) in [5.74, 6) is -0.759. The number of amides is 1. The van der Waals surface area contributed by atoms with Gasteiger partial charge in [0, 0.05) is 6.54 Å². The largest absolute Gasteiger partial charge is 0.483 e. The minimum atomic E-state index is -1.06. The summed E-state index contributed by atoms with van der Waals surface area (Å²) >= 11 is 0. The van der Waals surface area contributed by atoms with Crippen LogP contribution >= 0.6 is 0 Å². The number of carbonyl (C=O) groups is 2. The van der Waals surface area contributed by atoms with Gasteiger partial charge in [-0.3, -0.25) is 4.79 Å². The molecule has 0 spiro atoms. The Morgan fingerprint density at radius 1 is 1.43 bits per heavy atom. The van der Waals surface area contributed by atoms with Crippen LogP contribution in [0.5, 0.6) is 5.75 Å². The molecule has 1 atom stereocenters. The van der Waals surface area contributed by atoms with E-state index in [2.05, 4.69) is 0 Å². The first kappa shape index (κ1) is 15.3. The summed E-state index contributed by atoms with van der Waals surface area (Å²) in [4.78, 5) is 24.6. The second kappa shape index (κ2) is 6.58. The summed E-state index contributed by atoms with van der Waals surface area (Å²) < 4.78 is 10.6. The standard InChI is InChI=1S/C15H19NO5/c1-10-3-4-11(2)13(7-10)21-9-14(17)16-5-6-20-8-12(16)15(18)19/h3-4,7,12H,5-6,8-9H2,1-2H3,(H,18,19)/t12-/m1/s1. The molecule has 0 unspecified atom stereocenters. The third kappa shape index (κ3) is 3.72. The summed E-state index contributed by atoms with van der Waals surface area (Å²) in [7, 11) is 0. The van der Waals surface area contributed by atoms with E-state index in [0.29, 0.717) is 12.4 Å². The van der Waals surface area contributed by atoms with Crippen LogP contribution in [0.25, 0.3) is 0 Å². The number of ether oxygens (including phenoxy) is 2. The van der Waals surface area contributed by atoms with Crippen molar-refractivity contribution in [3.8, 4) is 5.75 Å². The van der Waals surface area contributed by atoms with Crippen LogP contribution in [0.1, 0.15) is 11.1 Å². The number of hydrogen-bond donors (Lipinski definition) is 1. The molecule has 1 aromatic carbocycles. The Bertz CT molecular complexity index is 543. The van der Waals surface area contributed by atoms with Gasteiger partial charge in [0.25, 0.3) is 5.91 Å². The number of benzene rings is 1. The topological polar surface area (TPSA) is 76.1 Å². The minimum absolute atomic E-state index is 0.0184. The van der Waals surface area contributed by atoms with Crippen LogP contribution in [-0.4, -0.2) is 54.3 Å². The van der Waals surface area contributed by atoms with E-state index in [0.717, 1.165) is 11.1 Å². The first-order valence-corrected chi connectivity index (χ1v) is 6.79. The van der Waals surface area contributed by atoms with Gasteiger partial charge in [0.15, 0.2) is 12.6 Å². The van der Waals surface area contributed by atoms with E-state index < -0.39 is 12.0 Å². The van der Waals surface area contributed by atoms with E-state index in [4.69, 9.17) is 14.6 Å². The number of nitrogens with zero attached hydrogens (tertiary/aromatic N) is 1. The van der Waals surface area contributed by atoms with Gasteiger partial charge in [-0.05, 0) is 31.0 Å². The van der Waals surface area contributed by atoms with Crippen molar-refractivity contribution in [3.05, 3.63) is 29.3 Å². The van der Waals surface area contributed by atoms with Crippen molar-refractivity contribution in [1.29, 1.82) is 0 Å². The zero-order valence-corrected chi connectivity index (χ0v) is 12.2. The van der Waals surface area contributed by atoms with E-state index in [1.54, 1.807) is 0 Å². The van der Waals surface area contributed by atoms with Gasteiger partial charge in [0.2, 0.25) is 0 Å². The highest BCUT2D eigenvalue weighted by atomic mass is 16.5. The average molecular weight is 293 g/mol. The Morgan fingerprint density at radius 3 is 2.90 bits per heavy atom. The van der Waals surface area contributed by atoms with Gasteiger partial charge < -0.3 is 19.5 Å². The predicted molar refractivity (Wildman–Crippen MR) is 75.4 cm³/mol. The van der Waals surface area contributed by atoms with Crippen molar-refractivity contribution in [2.24, 2.45) is 0 Å². The van der Waals surface area contributed by atoms with Gasteiger partial charge in [-0.1, -0.05) is 12.1 Å². The Kier molecular flexibility index (Phi) is 4.80. The molecule has 6 nitrogen and oxygen atoms in total. The summed E-state index contributed by atoms with van der Waals surface area (Å²) in [6.07, 6.45) is 0. The van der Waals surface area contributed by atoms with Crippen LogP contribution < -0.4 is 4.74 Å². The van der Waals surface area contributed by atoms with Gasteiger partial charge in [0.05, 0.1) is 13.2 Å². The molecule has 0 aromatic heterocycles. The maximum Gasteiger partial charge on any atom is 0.328 e. The van der Waals surface area contributed by atoms with Gasteiger partial charge in [-0.2, -0.15) is 0 Å². The van der Waals surface area contributed by atoms with E-state index in [1.165, 1.54) is 4.90 Å². The van der Waals surface area contributed by atoms with Crippen molar-refractivity contribution in [2.45, 2.75) is 19.9 Å². The fraction of sp³-hybridized carbons (Fsp3) is 0.467. The molecule has 1 aromatic rings. The molecule has 1 saturated heterocycles. The molecule has 1 aliphatic rings. The maximum atomic E-state index is 12.2. The smallest absolute Gasteiger partial charge is 0.328 e. The lowest BCUT2D eigenvalue weighted by Gasteiger charge is -2.32. The molecule has 1 aliphatic heterocycles. The highest BCUT2D eigenvalue weighted by molar-refractivity contribution is 5.84. The molecule has 0 aliphatic carbocycles. The van der Waals surface area contributed by atoms with Crippen LogP contribution in [0.2, 0.25) is 0 Å². The fourth-order valence-electron chi connectivity index (χ4n) is 2.19. The van der Waals surface area contributed by atoms with Gasteiger partial charge >= 0.3 is 5.97 Å². The third-order valence-electron chi connectivity index (χ3n) is 3.43. The van der Waals surface area contributed by atoms with E-state index in [1.807, 2.05) is 32.0 Å². The Labute approximate surface area is 123 Å². The molecule has 1 heterocycles. The maximum absolute atomic E-state index is 12.2. The van der Waals surface area contributed by atoms with Crippen molar-refractivity contribution >= 4 is 11.9 Å². The van der Waals surface area contributed by atoms with Gasteiger partial charge in [-0.15, -0.1) is 0 Å². The Morgan fingerprint density at radius 2 is 2.19 bits per heavy atom. The van der Waals surface area contributed by atoms with Gasteiger partial charge in [0.1, 0.15) is 5.75 Å². The second-order valence-corrected chi connectivity index (χ2v) is 5.07. The highest BCUT2D eigenvalue weighted by Crippen LogP contribution is 2.19. The van der Waals surface area contributed by atoms with E-state index >= 15 is 0 Å². The number of morpholine rings is 1. The van der Waals surface area contributed by atoms with Crippen LogP contribution in [-0.2, 0) is 14.3 Å². The van der Waals surface area contributed by atoms with Crippen LogP contribution in [0.3, 0.4) is 0 Å². The van der Waals surface area contributed by atoms with Crippen molar-refractivity contribution in [3.63, 3.8) is 0 Å². The second-order valence-electron chi connectivity index (χ2n) is 5.07. The molecule has 1 amide bonds. The molecule has 0 bridgehead atoms. The van der Waals surface area contributed by atoms with Crippen molar-refractivity contribution in [2.75, 3.05) is 26.4 Å². The quantitative estimate of drug-likeness (QED) is 0.896. The highest BCUT2D eigenvalue weighted by Gasteiger charge is 2.32. The number of rotatable bonds is 4. The summed E-state index contributed by atoms with van der Waals surface area (Å²) in [5.41, 5.74) is 1.97. The molecule has 6 heteroatoms. The molecule has 114 valence electrons. The molecule has 1 fully saturated rings. The SMILES string of the molecule is Cc1ccc(C)c(OCC(=O)N2CCOC[C@@H]2C(=O)O)c1. The lowest BCUT2D eigenvalue weighted by molar-refractivity contribution is -0.159. The molecule has 0 saturated carbocycles. The molecule has 21 heavy (non-hydrogen) atoms. The zero-order chi connectivity index (χ0) is 15.4. The summed E-state index contributed by atoms with van der Waals surface area (Å²) in [6, 6.07) is 4.81. The molecule has 2 rings (SSSR count). The monoisotopic (exact) mass is 293 g/mol. The number of carboxylic acids is 1. The van der Waals surface area contributed by atoms with Crippen LogP contribution in [0, 0.1) is 13.8 Å². The lowest BCUT2D eigenvalue weighted by atomic mass is 10.1. The van der Waals surface area contributed by atoms with Crippen LogP contribution in [0.15, 0.2) is 18.2 Å². The predicted octanol–water partition coefficient (Wildman–Crippen LogP) is 0.994. The zero-order valence-electron chi connectivity index (χ0n) is 12.2. The molecular weight excluding hydrogens is 274 g/mol. The third-order valence-corrected chi connectivity index (χ3v) is 3.43. The number of carboxylic acid groups (broad SMARTS) is 1. The molecule has 1 N–H and O–H groups in total. The van der Waals surface area contributed by atoms with Crippen LogP contribution in [0.4, 0.5) is 0 Å². The summed E-state index contributed by atoms with van der Waals surface area (Å²) in [5, 5.41) is 9.11. The first-order chi connectivity index (χ1) is 9.99. The number of aliphatic carboxylic acids is 1. The van der Waals surface area contributed by atoms with Gasteiger partial charge in [-0.25, -0.2) is 4.79 Å². The average Bonchev–Trinajstić information content (AvgIpc) is 2.47. The number of carbonyl (C=O) groups excluding carboxylic acids is 1. The summed E-state index contributed by atoms with van der Waals surface area (Å²) in [6.45, 7) is 4.30. The molecule has 0 radical (unpaired) electrons. The number of hydrogen-bond acceptors (Lipinski definition) is 4. The number of aryl methyl sites for hydroxylation is 2. The normalized spacial score (nSPS) is 18.4. The molecular formula is C15H19NO5. The minimum Gasteiger partial charge on any atom is -0.483 e. The van der Waals surface area contributed by atoms with E-state index in [9.17, 15) is 9.59 Å². The first-order valence-electron chi connectivity index (χ1n) is 6.79. The Balaban J connectivity index is 2.00. The Hall–Kier alpha value is -2.08. The van der Waals surface area contributed by atoms with Crippen molar-refractivity contribution in [1.82, 2.24) is 4.90 Å². The van der Waals surface area contributed by atoms with Crippen molar-refractivity contribution < 1.29 is 24.2 Å². The fourth-order valence-corrected chi connectivity index (χ4v) is 2.19. The van der Waals surface area contributed by atoms with E-state index in [-0.39, 0.29) is 25.7 Å². The lowest BCUT2D eigenvalue weighted by Crippen LogP contribution is -2.53.